The van der Waals surface area contributed by atoms with E-state index in [2.05, 4.69) is 10.6 Å². The number of benzene rings is 2. The molecule has 0 saturated heterocycles. The summed E-state index contributed by atoms with van der Waals surface area (Å²) >= 11 is 1.02. The van der Waals surface area contributed by atoms with Crippen LogP contribution in [-0.2, 0) is 4.74 Å². The van der Waals surface area contributed by atoms with Crippen molar-refractivity contribution in [1.29, 1.82) is 0 Å². The molecule has 0 radical (unpaired) electrons. The Bertz CT molecular complexity index is 1100. The van der Waals surface area contributed by atoms with Gasteiger partial charge in [0.1, 0.15) is 5.00 Å². The second kappa shape index (κ2) is 8.79. The number of rotatable bonds is 5. The molecule has 4 N–H and O–H groups in total. The number of esters is 1. The molecule has 1 aromatic heterocycles. The number of nitrogens with one attached hydrogen (secondary N) is 2. The first-order valence-electron chi connectivity index (χ1n) is 9.06. The minimum Gasteiger partial charge on any atom is -0.465 e. The third kappa shape index (κ3) is 4.49. The first kappa shape index (κ1) is 21.1. The second-order valence-electron chi connectivity index (χ2n) is 6.65. The molecule has 30 heavy (non-hydrogen) atoms. The van der Waals surface area contributed by atoms with Crippen LogP contribution in [0.25, 0.3) is 0 Å². The molecule has 0 aliphatic heterocycles. The van der Waals surface area contributed by atoms with Gasteiger partial charge in [0.2, 0.25) is 0 Å². The van der Waals surface area contributed by atoms with Gasteiger partial charge in [-0.15, -0.1) is 11.3 Å². The van der Waals surface area contributed by atoms with E-state index in [9.17, 15) is 14.4 Å². The number of carbonyl (C=O) groups is 3. The first-order valence-corrected chi connectivity index (χ1v) is 9.88. The van der Waals surface area contributed by atoms with E-state index in [4.69, 9.17) is 10.5 Å². The van der Waals surface area contributed by atoms with Crippen LogP contribution in [0.2, 0.25) is 0 Å². The van der Waals surface area contributed by atoms with E-state index in [0.29, 0.717) is 27.4 Å². The Hall–Kier alpha value is -3.65. The highest BCUT2D eigenvalue weighted by molar-refractivity contribution is 7.19. The van der Waals surface area contributed by atoms with Gasteiger partial charge in [-0.1, -0.05) is 17.7 Å². The van der Waals surface area contributed by atoms with Crippen molar-refractivity contribution in [3.63, 3.8) is 0 Å². The van der Waals surface area contributed by atoms with Gasteiger partial charge in [0.25, 0.3) is 11.8 Å². The number of ether oxygens (including phenoxy) is 1. The lowest BCUT2D eigenvalue weighted by molar-refractivity contribution is 0.0601. The first-order chi connectivity index (χ1) is 14.3. The van der Waals surface area contributed by atoms with Crippen molar-refractivity contribution >= 4 is 45.5 Å². The van der Waals surface area contributed by atoms with Crippen molar-refractivity contribution < 1.29 is 19.1 Å². The third-order valence-electron chi connectivity index (χ3n) is 4.45. The minimum absolute atomic E-state index is 0.153. The Labute approximate surface area is 177 Å². The van der Waals surface area contributed by atoms with Gasteiger partial charge in [0, 0.05) is 16.9 Å². The molecule has 0 saturated carbocycles. The second-order valence-corrected chi connectivity index (χ2v) is 7.67. The van der Waals surface area contributed by atoms with Crippen molar-refractivity contribution in [2.75, 3.05) is 23.5 Å². The van der Waals surface area contributed by atoms with Crippen molar-refractivity contribution in [2.24, 2.45) is 0 Å². The van der Waals surface area contributed by atoms with Gasteiger partial charge in [0.05, 0.1) is 17.6 Å². The molecule has 8 heteroatoms. The number of nitrogen functional groups attached to an aromatic ring is 1. The lowest BCUT2D eigenvalue weighted by atomic mass is 10.1. The Morgan fingerprint density at radius 3 is 2.13 bits per heavy atom. The predicted octanol–water partition coefficient (Wildman–Crippen LogP) is 4.24. The molecule has 0 unspecified atom stereocenters. The summed E-state index contributed by atoms with van der Waals surface area (Å²) < 4.78 is 4.85. The molecule has 0 atom stereocenters. The summed E-state index contributed by atoms with van der Waals surface area (Å²) in [7, 11) is 1.25. The largest absolute Gasteiger partial charge is 0.465 e. The molecule has 2 amide bonds. The standard InChI is InChI=1S/C22H21N3O4S/c1-12-4-10-16(11-5-12)24-20(27)18-13(2)17(22(28)29-3)21(30-18)25-19(26)14-6-8-15(23)9-7-14/h4-11H,23H2,1-3H3,(H,24,27)(H,25,26). The molecule has 0 aliphatic rings. The van der Waals surface area contributed by atoms with Crippen LogP contribution in [0.15, 0.2) is 48.5 Å². The zero-order valence-corrected chi connectivity index (χ0v) is 17.6. The van der Waals surface area contributed by atoms with E-state index in [0.717, 1.165) is 16.9 Å². The number of hydrogen-bond donors (Lipinski definition) is 3. The number of carbonyl (C=O) groups excluding carboxylic acids is 3. The predicted molar refractivity (Wildman–Crippen MR) is 118 cm³/mol. The van der Waals surface area contributed by atoms with Gasteiger partial charge >= 0.3 is 5.97 Å². The van der Waals surface area contributed by atoms with Crippen molar-refractivity contribution in [3.05, 3.63) is 75.7 Å². The van der Waals surface area contributed by atoms with Crippen molar-refractivity contribution in [1.82, 2.24) is 0 Å². The topological polar surface area (TPSA) is 111 Å². The molecule has 2 aromatic carbocycles. The lowest BCUT2D eigenvalue weighted by Crippen LogP contribution is -2.14. The number of hydrogen-bond acceptors (Lipinski definition) is 6. The van der Waals surface area contributed by atoms with Crippen molar-refractivity contribution in [2.45, 2.75) is 13.8 Å². The quantitative estimate of drug-likeness (QED) is 0.420. The Morgan fingerprint density at radius 1 is 0.900 bits per heavy atom. The van der Waals surface area contributed by atoms with Crippen molar-refractivity contribution in [3.8, 4) is 0 Å². The van der Waals surface area contributed by atoms with E-state index in [-0.39, 0.29) is 16.5 Å². The Balaban J connectivity index is 1.91. The minimum atomic E-state index is -0.634. The maximum absolute atomic E-state index is 12.8. The number of nitrogens with two attached hydrogens (primary N) is 1. The molecular weight excluding hydrogens is 402 g/mol. The van der Waals surface area contributed by atoms with Crippen LogP contribution in [0.5, 0.6) is 0 Å². The van der Waals surface area contributed by atoms with Crippen LogP contribution in [0.1, 0.15) is 41.5 Å². The number of methoxy groups -OCH3 is 1. The van der Waals surface area contributed by atoms with E-state index in [1.807, 2.05) is 19.1 Å². The summed E-state index contributed by atoms with van der Waals surface area (Å²) in [4.78, 5) is 38.1. The zero-order valence-electron chi connectivity index (χ0n) is 16.7. The average Bonchev–Trinajstić information content (AvgIpc) is 3.05. The number of amides is 2. The van der Waals surface area contributed by atoms with Crippen LogP contribution in [0.3, 0.4) is 0 Å². The van der Waals surface area contributed by atoms with Gasteiger partial charge in [0.15, 0.2) is 0 Å². The summed E-state index contributed by atoms with van der Waals surface area (Å²) in [5.74, 6) is -1.43. The Kier molecular flexibility index (Phi) is 6.17. The molecule has 0 aliphatic carbocycles. The molecule has 3 rings (SSSR count). The van der Waals surface area contributed by atoms with Crippen LogP contribution in [0, 0.1) is 13.8 Å². The number of thiophene rings is 1. The van der Waals surface area contributed by atoms with Gasteiger partial charge in [-0.25, -0.2) is 4.79 Å². The SMILES string of the molecule is COC(=O)c1c(NC(=O)c2ccc(N)cc2)sc(C(=O)Nc2ccc(C)cc2)c1C. The van der Waals surface area contributed by atoms with E-state index >= 15 is 0 Å². The van der Waals surface area contributed by atoms with Crippen LogP contribution < -0.4 is 16.4 Å². The van der Waals surface area contributed by atoms with E-state index in [1.165, 1.54) is 7.11 Å². The fourth-order valence-electron chi connectivity index (χ4n) is 2.80. The lowest BCUT2D eigenvalue weighted by Gasteiger charge is -2.06. The summed E-state index contributed by atoms with van der Waals surface area (Å²) in [6.07, 6.45) is 0. The monoisotopic (exact) mass is 423 g/mol. The summed E-state index contributed by atoms with van der Waals surface area (Å²) in [6, 6.07) is 13.7. The van der Waals surface area contributed by atoms with E-state index < -0.39 is 11.9 Å². The molecule has 0 fully saturated rings. The molecule has 0 spiro atoms. The molecular formula is C22H21N3O4S. The highest BCUT2D eigenvalue weighted by Crippen LogP contribution is 2.34. The van der Waals surface area contributed by atoms with Crippen LogP contribution >= 0.6 is 11.3 Å². The number of anilines is 3. The van der Waals surface area contributed by atoms with Crippen LogP contribution in [-0.4, -0.2) is 24.9 Å². The molecule has 1 heterocycles. The molecule has 3 aromatic rings. The smallest absolute Gasteiger partial charge is 0.341 e. The molecule has 154 valence electrons. The third-order valence-corrected chi connectivity index (χ3v) is 5.66. The highest BCUT2D eigenvalue weighted by Gasteiger charge is 2.26. The average molecular weight is 423 g/mol. The van der Waals surface area contributed by atoms with Gasteiger partial charge < -0.3 is 21.1 Å². The maximum Gasteiger partial charge on any atom is 0.341 e. The summed E-state index contributed by atoms with van der Waals surface area (Å²) in [5.41, 5.74) is 8.85. The fourth-order valence-corrected chi connectivity index (χ4v) is 3.89. The van der Waals surface area contributed by atoms with E-state index in [1.54, 1.807) is 43.3 Å². The highest BCUT2D eigenvalue weighted by atomic mass is 32.1. The Morgan fingerprint density at radius 2 is 1.53 bits per heavy atom. The van der Waals surface area contributed by atoms with Gasteiger partial charge in [-0.05, 0) is 55.8 Å². The molecule has 7 nitrogen and oxygen atoms in total. The summed E-state index contributed by atoms with van der Waals surface area (Å²) in [6.45, 7) is 3.60. The fraction of sp³-hybridized carbons (Fsp3) is 0.136. The zero-order chi connectivity index (χ0) is 21.8. The summed E-state index contributed by atoms with van der Waals surface area (Å²) in [5, 5.41) is 5.76. The number of aryl methyl sites for hydroxylation is 1. The maximum atomic E-state index is 12.8. The van der Waals surface area contributed by atoms with Gasteiger partial charge in [-0.3, -0.25) is 9.59 Å². The molecule has 0 bridgehead atoms. The van der Waals surface area contributed by atoms with Gasteiger partial charge in [-0.2, -0.15) is 0 Å². The normalized spacial score (nSPS) is 10.4. The van der Waals surface area contributed by atoms with Crippen LogP contribution in [0.4, 0.5) is 16.4 Å².